The minimum absolute atomic E-state index is 0.900. The topological polar surface area (TPSA) is 20.8 Å². The summed E-state index contributed by atoms with van der Waals surface area (Å²) in [4.78, 5) is 2.42. The number of aromatic nitrogens is 1. The maximum absolute atomic E-state index is 6.30. The number of nitrogens with zero attached hydrogens (tertiary/aromatic N) is 2. The van der Waals surface area contributed by atoms with Crippen LogP contribution < -0.4 is 25.6 Å². The number of benzene rings is 10. The van der Waals surface area contributed by atoms with Gasteiger partial charge in [0, 0.05) is 49.4 Å². The van der Waals surface area contributed by atoms with E-state index >= 15 is 0 Å². The van der Waals surface area contributed by atoms with E-state index in [0.717, 1.165) is 50.1 Å². The van der Waals surface area contributed by atoms with Crippen molar-refractivity contribution in [2.75, 3.05) is 4.90 Å². The predicted molar refractivity (Wildman–Crippen MR) is 272 cm³/mol. The Hall–Kier alpha value is -8.18. The number of fused-ring (bicyclic) bond motifs is 9. The zero-order chi connectivity index (χ0) is 42.2. The van der Waals surface area contributed by atoms with Crippen molar-refractivity contribution in [1.29, 1.82) is 0 Å². The third-order valence-corrected chi connectivity index (χ3v) is 18.3. The Balaban J connectivity index is 0.986. The van der Waals surface area contributed by atoms with Crippen LogP contribution >= 0.6 is 0 Å². The standard InChI is InChI=1S/C60H40N2OSi/c1-4-15-46(16-5-1)64(47-17-6-2-7-18-47,48-19-8-3-9-20-48)49-35-32-44(33-36-49)61(43-30-27-41(28-31-43)42-29-37-52-51-22-11-13-26-58(51)63-59(52)39-42)45-34-38-57-55(40-45)54-24-14-23-53-50-21-10-12-25-56(50)62(57)60(53)54/h1-40H. The second-order valence-corrected chi connectivity index (χ2v) is 20.7. The first-order chi connectivity index (χ1) is 31.7. The second kappa shape index (κ2) is 14.5. The van der Waals surface area contributed by atoms with Crippen LogP contribution in [0.3, 0.4) is 0 Å². The van der Waals surface area contributed by atoms with Gasteiger partial charge in [0.05, 0.1) is 16.6 Å². The molecule has 0 radical (unpaired) electrons. The fourth-order valence-electron chi connectivity index (χ4n) is 10.6. The summed E-state index contributed by atoms with van der Waals surface area (Å²) in [7, 11) is -2.71. The van der Waals surface area contributed by atoms with Crippen LogP contribution in [-0.4, -0.2) is 12.5 Å². The second-order valence-electron chi connectivity index (χ2n) is 16.8. The van der Waals surface area contributed by atoms with Crippen molar-refractivity contribution < 1.29 is 4.42 Å². The number of anilines is 3. The van der Waals surface area contributed by atoms with E-state index in [4.69, 9.17) is 4.42 Å². The van der Waals surface area contributed by atoms with E-state index < -0.39 is 8.07 Å². The molecule has 0 aliphatic carbocycles. The Bertz CT molecular complexity index is 3720. The van der Waals surface area contributed by atoms with Crippen LogP contribution in [0.5, 0.6) is 0 Å². The lowest BCUT2D eigenvalue weighted by Gasteiger charge is -2.35. The maximum Gasteiger partial charge on any atom is 0.179 e. The van der Waals surface area contributed by atoms with Crippen molar-refractivity contribution in [3.63, 3.8) is 0 Å². The van der Waals surface area contributed by atoms with Gasteiger partial charge in [0.2, 0.25) is 0 Å². The van der Waals surface area contributed by atoms with Gasteiger partial charge in [-0.1, -0.05) is 176 Å². The summed E-state index contributed by atoms with van der Waals surface area (Å²) in [5, 5.41) is 12.8. The molecule has 0 saturated carbocycles. The highest BCUT2D eigenvalue weighted by molar-refractivity contribution is 7.19. The molecule has 3 nitrogen and oxygen atoms in total. The highest BCUT2D eigenvalue weighted by Crippen LogP contribution is 2.43. The fraction of sp³-hybridized carbons (Fsp3) is 0. The van der Waals surface area contributed by atoms with Gasteiger partial charge in [-0.25, -0.2) is 0 Å². The predicted octanol–water partition coefficient (Wildman–Crippen LogP) is 13.3. The Labute approximate surface area is 371 Å². The molecule has 0 spiro atoms. The molecule has 0 aliphatic heterocycles. The molecular weight excluding hydrogens is 793 g/mol. The van der Waals surface area contributed by atoms with Gasteiger partial charge in [-0.05, 0) is 98.6 Å². The first-order valence-electron chi connectivity index (χ1n) is 22.0. The summed E-state index contributed by atoms with van der Waals surface area (Å²) >= 11 is 0. The van der Waals surface area contributed by atoms with Crippen LogP contribution in [-0.2, 0) is 0 Å². The number of hydrogen-bond donors (Lipinski definition) is 0. The molecule has 64 heavy (non-hydrogen) atoms. The van der Waals surface area contributed by atoms with Crippen LogP contribution in [0, 0.1) is 0 Å². The first kappa shape index (κ1) is 36.5. The summed E-state index contributed by atoms with van der Waals surface area (Å²) in [6.07, 6.45) is 0. The minimum atomic E-state index is -2.71. The molecular formula is C60H40N2OSi. The normalized spacial score (nSPS) is 12.1. The summed E-state index contributed by atoms with van der Waals surface area (Å²) in [5.41, 5.74) is 11.1. The molecule has 0 aliphatic rings. The van der Waals surface area contributed by atoms with Gasteiger partial charge in [-0.3, -0.25) is 0 Å². The maximum atomic E-state index is 6.30. The van der Waals surface area contributed by atoms with Gasteiger partial charge in [0.25, 0.3) is 0 Å². The van der Waals surface area contributed by atoms with E-state index in [1.54, 1.807) is 0 Å². The zero-order valence-corrected chi connectivity index (χ0v) is 35.9. The van der Waals surface area contributed by atoms with Gasteiger partial charge in [-0.2, -0.15) is 0 Å². The summed E-state index contributed by atoms with van der Waals surface area (Å²) in [6, 6.07) is 89.2. The molecule has 0 fully saturated rings. The third-order valence-electron chi connectivity index (χ3n) is 13.5. The molecule has 4 heteroatoms. The van der Waals surface area contributed by atoms with E-state index in [1.807, 2.05) is 12.1 Å². The van der Waals surface area contributed by atoms with Crippen LogP contribution in [0.2, 0.25) is 0 Å². The number of furan rings is 1. The van der Waals surface area contributed by atoms with Gasteiger partial charge < -0.3 is 13.7 Å². The van der Waals surface area contributed by atoms with Crippen molar-refractivity contribution in [1.82, 2.24) is 4.40 Å². The monoisotopic (exact) mass is 832 g/mol. The molecule has 0 saturated heterocycles. The first-order valence-corrected chi connectivity index (χ1v) is 24.0. The van der Waals surface area contributed by atoms with Crippen LogP contribution in [0.1, 0.15) is 0 Å². The quantitative estimate of drug-likeness (QED) is 0.112. The Kier molecular flexibility index (Phi) is 8.23. The van der Waals surface area contributed by atoms with Crippen molar-refractivity contribution in [3.05, 3.63) is 243 Å². The lowest BCUT2D eigenvalue weighted by molar-refractivity contribution is 0.669. The van der Waals surface area contributed by atoms with Crippen LogP contribution in [0.4, 0.5) is 17.1 Å². The molecule has 0 amide bonds. The number of hydrogen-bond acceptors (Lipinski definition) is 2. The Morgan fingerprint density at radius 2 is 0.797 bits per heavy atom. The summed E-state index contributed by atoms with van der Waals surface area (Å²) < 4.78 is 8.75. The van der Waals surface area contributed by atoms with Gasteiger partial charge in [0.1, 0.15) is 11.2 Å². The molecule has 13 rings (SSSR count). The smallest absolute Gasteiger partial charge is 0.179 e. The summed E-state index contributed by atoms with van der Waals surface area (Å²) in [5.74, 6) is 0. The zero-order valence-electron chi connectivity index (χ0n) is 34.9. The van der Waals surface area contributed by atoms with E-state index in [1.165, 1.54) is 58.8 Å². The molecule has 300 valence electrons. The Morgan fingerprint density at radius 3 is 1.47 bits per heavy atom. The average Bonchev–Trinajstić information content (AvgIpc) is 4.03. The van der Waals surface area contributed by atoms with Crippen molar-refractivity contribution in [2.45, 2.75) is 0 Å². The highest BCUT2D eigenvalue weighted by atomic mass is 28.3. The van der Waals surface area contributed by atoms with Crippen molar-refractivity contribution >= 4 is 106 Å². The van der Waals surface area contributed by atoms with E-state index in [9.17, 15) is 0 Å². The van der Waals surface area contributed by atoms with Gasteiger partial charge in [-0.15, -0.1) is 0 Å². The lowest BCUT2D eigenvalue weighted by atomic mass is 10.0. The number of rotatable bonds is 8. The molecule has 0 N–H and O–H groups in total. The third kappa shape index (κ3) is 5.46. The minimum Gasteiger partial charge on any atom is -0.456 e. The van der Waals surface area contributed by atoms with Crippen LogP contribution in [0.25, 0.3) is 71.2 Å². The van der Waals surface area contributed by atoms with Crippen molar-refractivity contribution in [2.24, 2.45) is 0 Å². The fourth-order valence-corrected chi connectivity index (χ4v) is 15.4. The van der Waals surface area contributed by atoms with E-state index in [2.05, 4.69) is 240 Å². The lowest BCUT2D eigenvalue weighted by Crippen LogP contribution is -2.74. The molecule has 3 aromatic heterocycles. The largest absolute Gasteiger partial charge is 0.456 e. The molecule has 3 heterocycles. The molecule has 10 aromatic carbocycles. The van der Waals surface area contributed by atoms with Crippen LogP contribution in [0.15, 0.2) is 247 Å². The van der Waals surface area contributed by atoms with Gasteiger partial charge >= 0.3 is 0 Å². The molecule has 0 atom stereocenters. The van der Waals surface area contributed by atoms with Crippen molar-refractivity contribution in [3.8, 4) is 11.1 Å². The van der Waals surface area contributed by atoms with E-state index in [0.29, 0.717) is 0 Å². The highest BCUT2D eigenvalue weighted by Gasteiger charge is 2.41. The number of para-hydroxylation sites is 3. The SMILES string of the molecule is c1ccc([Si](c2ccccc2)(c2ccccc2)c2ccc(N(c3ccc(-c4ccc5c(c4)oc4ccccc45)cc3)c3ccc4c(c3)c3cccc5c6ccccc6n4c53)cc2)cc1. The molecule has 0 bridgehead atoms. The average molecular weight is 833 g/mol. The molecule has 13 aromatic rings. The Morgan fingerprint density at radius 1 is 0.312 bits per heavy atom. The summed E-state index contributed by atoms with van der Waals surface area (Å²) in [6.45, 7) is 0. The van der Waals surface area contributed by atoms with E-state index in [-0.39, 0.29) is 0 Å². The van der Waals surface area contributed by atoms with Gasteiger partial charge in [0.15, 0.2) is 8.07 Å². The molecule has 0 unspecified atom stereocenters.